The van der Waals surface area contributed by atoms with E-state index in [0.717, 1.165) is 0 Å². The summed E-state index contributed by atoms with van der Waals surface area (Å²) in [6, 6.07) is 11.7. The summed E-state index contributed by atoms with van der Waals surface area (Å²) in [5.41, 5.74) is 2.11. The van der Waals surface area contributed by atoms with Crippen LogP contribution >= 0.6 is 0 Å². The van der Waals surface area contributed by atoms with Crippen molar-refractivity contribution < 1.29 is 24.2 Å². The summed E-state index contributed by atoms with van der Waals surface area (Å²) in [5.74, 6) is -0.523. The number of nitro benzene ring substituents is 2. The van der Waals surface area contributed by atoms with Crippen molar-refractivity contribution in [2.45, 2.75) is 13.3 Å². The van der Waals surface area contributed by atoms with Crippen LogP contribution < -0.4 is 0 Å². The van der Waals surface area contributed by atoms with E-state index in [-0.39, 0.29) is 36.2 Å². The molecular formula is C24H23N3O7. The van der Waals surface area contributed by atoms with Gasteiger partial charge in [0.2, 0.25) is 0 Å². The second kappa shape index (κ2) is 11.1. The van der Waals surface area contributed by atoms with Crippen LogP contribution in [-0.2, 0) is 14.3 Å². The van der Waals surface area contributed by atoms with Gasteiger partial charge in [0.25, 0.3) is 11.4 Å². The lowest BCUT2D eigenvalue weighted by atomic mass is 9.94. The van der Waals surface area contributed by atoms with Gasteiger partial charge in [-0.3, -0.25) is 34.7 Å². The highest BCUT2D eigenvalue weighted by molar-refractivity contribution is 6.14. The number of likely N-dealkylation sites (tertiary alicyclic amines) is 1. The highest BCUT2D eigenvalue weighted by Crippen LogP contribution is 2.24. The topological polar surface area (TPSA) is 133 Å². The SMILES string of the molecule is CCOC(=O)CCN1CC(=Cc2ccc([N+](=O)[O-])cc2)C(=O)C(=Cc2ccc([N+](=O)[O-])cc2)C1. The molecule has 176 valence electrons. The monoisotopic (exact) mass is 465 g/mol. The Hall–Kier alpha value is -4.18. The number of hydrogen-bond donors (Lipinski definition) is 0. The maximum atomic E-state index is 13.2. The Morgan fingerprint density at radius 1 is 0.912 bits per heavy atom. The van der Waals surface area contributed by atoms with E-state index in [0.29, 0.717) is 41.9 Å². The average Bonchev–Trinajstić information content (AvgIpc) is 2.81. The number of rotatable bonds is 8. The van der Waals surface area contributed by atoms with Crippen molar-refractivity contribution in [3.63, 3.8) is 0 Å². The van der Waals surface area contributed by atoms with E-state index in [1.54, 1.807) is 43.3 Å². The van der Waals surface area contributed by atoms with E-state index in [1.165, 1.54) is 24.3 Å². The molecule has 0 unspecified atom stereocenters. The number of ether oxygens (including phenoxy) is 1. The van der Waals surface area contributed by atoms with Gasteiger partial charge in [-0.25, -0.2) is 0 Å². The maximum absolute atomic E-state index is 13.2. The van der Waals surface area contributed by atoms with Crippen LogP contribution in [-0.4, -0.2) is 52.7 Å². The molecule has 10 heteroatoms. The zero-order chi connectivity index (χ0) is 24.7. The number of piperidine rings is 1. The summed E-state index contributed by atoms with van der Waals surface area (Å²) in [6.45, 7) is 2.99. The molecule has 0 amide bonds. The third kappa shape index (κ3) is 6.42. The van der Waals surface area contributed by atoms with Crippen molar-refractivity contribution in [3.8, 4) is 0 Å². The fourth-order valence-corrected chi connectivity index (χ4v) is 3.54. The molecule has 0 spiro atoms. The molecule has 2 aromatic rings. The van der Waals surface area contributed by atoms with Gasteiger partial charge in [-0.2, -0.15) is 0 Å². The molecule has 34 heavy (non-hydrogen) atoms. The number of nitrogens with zero attached hydrogens (tertiary/aromatic N) is 3. The predicted molar refractivity (Wildman–Crippen MR) is 125 cm³/mol. The lowest BCUT2D eigenvalue weighted by Gasteiger charge is -2.29. The number of hydrogen-bond acceptors (Lipinski definition) is 8. The lowest BCUT2D eigenvalue weighted by molar-refractivity contribution is -0.385. The van der Waals surface area contributed by atoms with Crippen LogP contribution in [0.2, 0.25) is 0 Å². The highest BCUT2D eigenvalue weighted by atomic mass is 16.6. The number of non-ortho nitro benzene ring substituents is 2. The normalized spacial score (nSPS) is 16.6. The average molecular weight is 465 g/mol. The molecule has 0 bridgehead atoms. The first-order valence-corrected chi connectivity index (χ1v) is 10.6. The fraction of sp³-hybridized carbons (Fsp3) is 0.250. The van der Waals surface area contributed by atoms with Gasteiger partial charge in [0, 0.05) is 55.0 Å². The molecule has 0 atom stereocenters. The van der Waals surface area contributed by atoms with Gasteiger partial charge in [-0.1, -0.05) is 0 Å². The van der Waals surface area contributed by atoms with E-state index in [2.05, 4.69) is 0 Å². The van der Waals surface area contributed by atoms with Crippen LogP contribution in [0, 0.1) is 20.2 Å². The summed E-state index contributed by atoms with van der Waals surface area (Å²) in [7, 11) is 0. The van der Waals surface area contributed by atoms with Gasteiger partial charge >= 0.3 is 5.97 Å². The minimum atomic E-state index is -0.495. The Kier molecular flexibility index (Phi) is 7.99. The van der Waals surface area contributed by atoms with Crippen molar-refractivity contribution in [2.24, 2.45) is 0 Å². The van der Waals surface area contributed by atoms with Gasteiger partial charge < -0.3 is 4.74 Å². The van der Waals surface area contributed by atoms with Crippen LogP contribution in [0.25, 0.3) is 12.2 Å². The molecule has 10 nitrogen and oxygen atoms in total. The summed E-state index contributed by atoms with van der Waals surface area (Å²) in [4.78, 5) is 47.7. The number of nitro groups is 2. The molecule has 1 aliphatic rings. The minimum absolute atomic E-state index is 0.0491. The number of carbonyl (C=O) groups is 2. The number of esters is 1. The largest absolute Gasteiger partial charge is 0.466 e. The van der Waals surface area contributed by atoms with Crippen LogP contribution in [0.1, 0.15) is 24.5 Å². The maximum Gasteiger partial charge on any atom is 0.307 e. The van der Waals surface area contributed by atoms with Crippen molar-refractivity contribution in [1.29, 1.82) is 0 Å². The Morgan fingerprint density at radius 2 is 1.35 bits per heavy atom. The Morgan fingerprint density at radius 3 is 1.74 bits per heavy atom. The smallest absolute Gasteiger partial charge is 0.307 e. The van der Waals surface area contributed by atoms with Gasteiger partial charge in [-0.15, -0.1) is 0 Å². The molecule has 1 fully saturated rings. The lowest BCUT2D eigenvalue weighted by Crippen LogP contribution is -2.39. The molecule has 0 aromatic heterocycles. The van der Waals surface area contributed by atoms with E-state index >= 15 is 0 Å². The molecule has 1 aliphatic heterocycles. The Balaban J connectivity index is 1.89. The second-order valence-corrected chi connectivity index (χ2v) is 7.63. The van der Waals surface area contributed by atoms with Crippen molar-refractivity contribution >= 4 is 35.3 Å². The van der Waals surface area contributed by atoms with Gasteiger partial charge in [0.1, 0.15) is 0 Å². The van der Waals surface area contributed by atoms with Gasteiger partial charge in [0.05, 0.1) is 22.9 Å². The number of carbonyl (C=O) groups excluding carboxylic acids is 2. The van der Waals surface area contributed by atoms with Crippen molar-refractivity contribution in [3.05, 3.63) is 91.0 Å². The first-order chi connectivity index (χ1) is 16.3. The predicted octanol–water partition coefficient (Wildman–Crippen LogP) is 3.81. The summed E-state index contributed by atoms with van der Waals surface area (Å²) in [5, 5.41) is 21.8. The summed E-state index contributed by atoms with van der Waals surface area (Å²) < 4.78 is 4.99. The molecule has 0 saturated carbocycles. The van der Waals surface area contributed by atoms with E-state index in [9.17, 15) is 29.8 Å². The third-order valence-electron chi connectivity index (χ3n) is 5.20. The fourth-order valence-electron chi connectivity index (χ4n) is 3.54. The number of benzene rings is 2. The molecule has 1 saturated heterocycles. The van der Waals surface area contributed by atoms with Gasteiger partial charge in [-0.05, 0) is 54.5 Å². The third-order valence-corrected chi connectivity index (χ3v) is 5.20. The highest BCUT2D eigenvalue weighted by Gasteiger charge is 2.26. The van der Waals surface area contributed by atoms with Crippen LogP contribution in [0.5, 0.6) is 0 Å². The number of Topliss-reactive ketones (excluding diaryl/α,β-unsaturated/α-hetero) is 1. The van der Waals surface area contributed by atoms with Crippen LogP contribution in [0.4, 0.5) is 11.4 Å². The van der Waals surface area contributed by atoms with E-state index in [1.807, 2.05) is 4.90 Å². The van der Waals surface area contributed by atoms with Crippen LogP contribution in [0.3, 0.4) is 0 Å². The first-order valence-electron chi connectivity index (χ1n) is 10.6. The van der Waals surface area contributed by atoms with Crippen molar-refractivity contribution in [1.82, 2.24) is 4.90 Å². The zero-order valence-corrected chi connectivity index (χ0v) is 18.5. The second-order valence-electron chi connectivity index (χ2n) is 7.63. The molecule has 0 aliphatic carbocycles. The molecule has 1 heterocycles. The molecule has 3 rings (SSSR count). The van der Waals surface area contributed by atoms with E-state index in [4.69, 9.17) is 4.74 Å². The quantitative estimate of drug-likeness (QED) is 0.249. The standard InChI is InChI=1S/C24H23N3O7/c1-2-34-23(28)11-12-25-15-19(13-17-3-7-21(8-4-17)26(30)31)24(29)20(16-25)14-18-5-9-22(10-6-18)27(32)33/h3-10,13-14H,2,11-12,15-16H2,1H3. The van der Waals surface area contributed by atoms with Crippen molar-refractivity contribution in [2.75, 3.05) is 26.2 Å². The molecule has 0 N–H and O–H groups in total. The van der Waals surface area contributed by atoms with Crippen LogP contribution in [0.15, 0.2) is 59.7 Å². The molecule has 0 radical (unpaired) electrons. The summed E-state index contributed by atoms with van der Waals surface area (Å²) in [6.07, 6.45) is 3.51. The first kappa shape index (κ1) is 24.5. The minimum Gasteiger partial charge on any atom is -0.466 e. The number of ketones is 1. The Bertz CT molecular complexity index is 1070. The molecule has 2 aromatic carbocycles. The van der Waals surface area contributed by atoms with Gasteiger partial charge in [0.15, 0.2) is 5.78 Å². The van der Waals surface area contributed by atoms with E-state index < -0.39 is 9.85 Å². The Labute approximate surface area is 195 Å². The zero-order valence-electron chi connectivity index (χ0n) is 18.5. The molecular weight excluding hydrogens is 442 g/mol. The summed E-state index contributed by atoms with van der Waals surface area (Å²) >= 11 is 0.